The smallest absolute Gasteiger partial charge is 0.191 e. The molecule has 2 N–H and O–H groups in total. The van der Waals surface area contributed by atoms with Crippen LogP contribution in [0.5, 0.6) is 0 Å². The SMILES string of the molecule is CN=C(NCCN1CCOCC1)NCC(C)N1CCN(C)CC1.I. The normalized spacial score (nSPS) is 22.7. The lowest BCUT2D eigenvalue weighted by atomic mass is 10.2. The summed E-state index contributed by atoms with van der Waals surface area (Å²) < 4.78 is 5.37. The molecule has 2 aliphatic heterocycles. The zero-order valence-electron chi connectivity index (χ0n) is 15.5. The maximum absolute atomic E-state index is 5.37. The molecule has 2 fully saturated rings. The van der Waals surface area contributed by atoms with Gasteiger partial charge in [0.2, 0.25) is 0 Å². The largest absolute Gasteiger partial charge is 0.379 e. The molecule has 0 aromatic rings. The number of morpholine rings is 1. The van der Waals surface area contributed by atoms with Gasteiger partial charge in [0.15, 0.2) is 5.96 Å². The molecule has 1 unspecified atom stereocenters. The highest BCUT2D eigenvalue weighted by Crippen LogP contribution is 2.03. The van der Waals surface area contributed by atoms with Crippen molar-refractivity contribution in [1.82, 2.24) is 25.3 Å². The van der Waals surface area contributed by atoms with Crippen LogP contribution in [0.4, 0.5) is 0 Å². The summed E-state index contributed by atoms with van der Waals surface area (Å²) in [5.74, 6) is 0.902. The predicted molar refractivity (Wildman–Crippen MR) is 111 cm³/mol. The van der Waals surface area contributed by atoms with Crippen molar-refractivity contribution < 1.29 is 4.74 Å². The van der Waals surface area contributed by atoms with Gasteiger partial charge < -0.3 is 20.3 Å². The van der Waals surface area contributed by atoms with E-state index in [2.05, 4.69) is 44.3 Å². The first-order valence-electron chi connectivity index (χ1n) is 8.86. The lowest BCUT2D eigenvalue weighted by molar-refractivity contribution is 0.0389. The summed E-state index contributed by atoms with van der Waals surface area (Å²) in [6.45, 7) is 13.6. The summed E-state index contributed by atoms with van der Waals surface area (Å²) in [7, 11) is 4.03. The fourth-order valence-corrected chi connectivity index (χ4v) is 3.01. The molecule has 0 aromatic carbocycles. The molecule has 0 aliphatic carbocycles. The third-order valence-corrected chi connectivity index (χ3v) is 4.77. The van der Waals surface area contributed by atoms with Crippen molar-refractivity contribution in [2.24, 2.45) is 4.99 Å². The second kappa shape index (κ2) is 12.2. The average molecular weight is 454 g/mol. The molecule has 24 heavy (non-hydrogen) atoms. The van der Waals surface area contributed by atoms with Crippen LogP contribution >= 0.6 is 24.0 Å². The van der Waals surface area contributed by atoms with Crippen LogP contribution in [-0.2, 0) is 4.74 Å². The molecule has 0 bridgehead atoms. The summed E-state index contributed by atoms with van der Waals surface area (Å²) in [5, 5.41) is 6.87. The Morgan fingerprint density at radius 3 is 2.38 bits per heavy atom. The van der Waals surface area contributed by atoms with Crippen LogP contribution in [0.25, 0.3) is 0 Å². The van der Waals surface area contributed by atoms with Crippen molar-refractivity contribution in [3.8, 4) is 0 Å². The highest BCUT2D eigenvalue weighted by Gasteiger charge is 2.19. The van der Waals surface area contributed by atoms with E-state index in [0.29, 0.717) is 6.04 Å². The lowest BCUT2D eigenvalue weighted by Crippen LogP contribution is -2.52. The summed E-state index contributed by atoms with van der Waals surface area (Å²) in [6.07, 6.45) is 0. The standard InChI is InChI=1S/C16H34N6O.HI/c1-15(22-8-6-20(3)7-9-22)14-19-16(17-2)18-4-5-21-10-12-23-13-11-21;/h15H,4-14H2,1-3H3,(H2,17,18,19);1H. The molecular formula is C16H35IN6O. The van der Waals surface area contributed by atoms with Gasteiger partial charge in [-0.1, -0.05) is 0 Å². The molecule has 2 aliphatic rings. The molecular weight excluding hydrogens is 419 g/mol. The van der Waals surface area contributed by atoms with Crippen molar-refractivity contribution in [3.63, 3.8) is 0 Å². The van der Waals surface area contributed by atoms with E-state index in [1.807, 2.05) is 7.05 Å². The molecule has 0 saturated carbocycles. The fourth-order valence-electron chi connectivity index (χ4n) is 3.01. The maximum Gasteiger partial charge on any atom is 0.191 e. The number of halogens is 1. The van der Waals surface area contributed by atoms with E-state index in [0.717, 1.165) is 78.1 Å². The van der Waals surface area contributed by atoms with E-state index in [4.69, 9.17) is 4.74 Å². The van der Waals surface area contributed by atoms with E-state index in [1.54, 1.807) is 0 Å². The number of nitrogens with zero attached hydrogens (tertiary/aromatic N) is 4. The minimum absolute atomic E-state index is 0. The van der Waals surface area contributed by atoms with E-state index in [9.17, 15) is 0 Å². The Morgan fingerprint density at radius 1 is 1.08 bits per heavy atom. The van der Waals surface area contributed by atoms with E-state index in [1.165, 1.54) is 0 Å². The number of aliphatic imine (C=N–C) groups is 1. The van der Waals surface area contributed by atoms with Gasteiger partial charge >= 0.3 is 0 Å². The molecule has 2 saturated heterocycles. The molecule has 0 amide bonds. The van der Waals surface area contributed by atoms with Gasteiger partial charge in [-0.2, -0.15) is 0 Å². The Morgan fingerprint density at radius 2 is 1.75 bits per heavy atom. The molecule has 2 rings (SSSR count). The van der Waals surface area contributed by atoms with Crippen molar-refractivity contribution in [2.75, 3.05) is 86.2 Å². The minimum atomic E-state index is 0. The Bertz CT molecular complexity index is 356. The second-order valence-electron chi connectivity index (χ2n) is 6.52. The van der Waals surface area contributed by atoms with Gasteiger partial charge in [-0.3, -0.25) is 14.8 Å². The van der Waals surface area contributed by atoms with Crippen LogP contribution in [0, 0.1) is 0 Å². The molecule has 8 heteroatoms. The fraction of sp³-hybridized carbons (Fsp3) is 0.938. The third kappa shape index (κ3) is 7.81. The quantitative estimate of drug-likeness (QED) is 0.328. The lowest BCUT2D eigenvalue weighted by Gasteiger charge is -2.36. The van der Waals surface area contributed by atoms with Crippen LogP contribution in [0.3, 0.4) is 0 Å². The molecule has 0 radical (unpaired) electrons. The van der Waals surface area contributed by atoms with Crippen LogP contribution < -0.4 is 10.6 Å². The Balaban J connectivity index is 0.00000288. The van der Waals surface area contributed by atoms with Crippen molar-refractivity contribution >= 4 is 29.9 Å². The van der Waals surface area contributed by atoms with Crippen LogP contribution in [-0.4, -0.2) is 113 Å². The number of rotatable bonds is 6. The number of piperazine rings is 1. The van der Waals surface area contributed by atoms with Gasteiger partial charge in [0.1, 0.15) is 0 Å². The number of ether oxygens (including phenoxy) is 1. The molecule has 0 aromatic heterocycles. The van der Waals surface area contributed by atoms with Crippen molar-refractivity contribution in [3.05, 3.63) is 0 Å². The molecule has 7 nitrogen and oxygen atoms in total. The Labute approximate surface area is 164 Å². The van der Waals surface area contributed by atoms with Gasteiger partial charge in [-0.05, 0) is 14.0 Å². The van der Waals surface area contributed by atoms with Crippen molar-refractivity contribution in [2.45, 2.75) is 13.0 Å². The first-order chi connectivity index (χ1) is 11.2. The predicted octanol–water partition coefficient (Wildman–Crippen LogP) is -0.262. The summed E-state index contributed by atoms with van der Waals surface area (Å²) in [4.78, 5) is 11.7. The number of guanidine groups is 1. The molecule has 0 spiro atoms. The van der Waals surface area contributed by atoms with Crippen LogP contribution in [0.1, 0.15) is 6.92 Å². The highest BCUT2D eigenvalue weighted by molar-refractivity contribution is 14.0. The first-order valence-corrected chi connectivity index (χ1v) is 8.86. The second-order valence-corrected chi connectivity index (χ2v) is 6.52. The van der Waals surface area contributed by atoms with Gasteiger partial charge in [-0.15, -0.1) is 24.0 Å². The zero-order valence-corrected chi connectivity index (χ0v) is 17.8. The Hall–Kier alpha value is -0.160. The van der Waals surface area contributed by atoms with Gasteiger partial charge in [0.05, 0.1) is 13.2 Å². The number of nitrogens with one attached hydrogen (secondary N) is 2. The highest BCUT2D eigenvalue weighted by atomic mass is 127. The minimum Gasteiger partial charge on any atom is -0.379 e. The van der Waals surface area contributed by atoms with Crippen LogP contribution in [0.2, 0.25) is 0 Å². The van der Waals surface area contributed by atoms with E-state index in [-0.39, 0.29) is 24.0 Å². The molecule has 2 heterocycles. The molecule has 142 valence electrons. The summed E-state index contributed by atoms with van der Waals surface area (Å²) in [6, 6.07) is 0.529. The maximum atomic E-state index is 5.37. The van der Waals surface area contributed by atoms with Gasteiger partial charge in [0.25, 0.3) is 0 Å². The monoisotopic (exact) mass is 454 g/mol. The van der Waals surface area contributed by atoms with Gasteiger partial charge in [0, 0.05) is 72.0 Å². The average Bonchev–Trinajstić information content (AvgIpc) is 2.59. The number of likely N-dealkylation sites (N-methyl/N-ethyl adjacent to an activating group) is 1. The van der Waals surface area contributed by atoms with Gasteiger partial charge in [-0.25, -0.2) is 0 Å². The zero-order chi connectivity index (χ0) is 16.5. The van der Waals surface area contributed by atoms with E-state index < -0.39 is 0 Å². The number of hydrogen-bond donors (Lipinski definition) is 2. The summed E-state index contributed by atoms with van der Waals surface area (Å²) in [5.41, 5.74) is 0. The Kier molecular flexibility index (Phi) is 11.2. The van der Waals surface area contributed by atoms with E-state index >= 15 is 0 Å². The van der Waals surface area contributed by atoms with Crippen molar-refractivity contribution in [1.29, 1.82) is 0 Å². The molecule has 1 atom stereocenters. The number of hydrogen-bond acceptors (Lipinski definition) is 5. The van der Waals surface area contributed by atoms with Crippen LogP contribution in [0.15, 0.2) is 4.99 Å². The third-order valence-electron chi connectivity index (χ3n) is 4.77. The first kappa shape index (κ1) is 21.9. The topological polar surface area (TPSA) is 55.4 Å². The summed E-state index contributed by atoms with van der Waals surface area (Å²) >= 11 is 0.